The molecule has 0 aliphatic rings. The van der Waals surface area contributed by atoms with Gasteiger partial charge in [0.1, 0.15) is 0 Å². The number of nitrogen functional groups attached to an aromatic ring is 1. The molecule has 0 atom stereocenters. The van der Waals surface area contributed by atoms with Crippen LogP contribution in [0.3, 0.4) is 0 Å². The average Bonchev–Trinajstić information content (AvgIpc) is 2.34. The molecule has 0 saturated heterocycles. The van der Waals surface area contributed by atoms with Gasteiger partial charge in [0, 0.05) is 16.4 Å². The van der Waals surface area contributed by atoms with Gasteiger partial charge in [0.05, 0.1) is 16.9 Å². The zero-order valence-corrected chi connectivity index (χ0v) is 12.3. The monoisotopic (exact) mass is 319 g/mol. The predicted octanol–water partition coefficient (Wildman–Crippen LogP) is 3.30. The van der Waals surface area contributed by atoms with Gasteiger partial charge in [-0.15, -0.1) is 0 Å². The molecule has 1 aromatic heterocycles. The normalized spacial score (nSPS) is 10.3. The van der Waals surface area contributed by atoms with Crippen molar-refractivity contribution in [1.82, 2.24) is 4.98 Å². The summed E-state index contributed by atoms with van der Waals surface area (Å²) in [6, 6.07) is 7.24. The fourth-order valence-electron chi connectivity index (χ4n) is 1.69. The highest BCUT2D eigenvalue weighted by atomic mass is 79.9. The Kier molecular flexibility index (Phi) is 3.85. The number of pyridine rings is 1. The molecule has 0 aliphatic heterocycles. The Labute approximate surface area is 120 Å². The molecule has 0 aliphatic carbocycles. The number of amides is 1. The number of nitrogens with two attached hydrogens (primary N) is 1. The van der Waals surface area contributed by atoms with Crippen LogP contribution in [0.25, 0.3) is 0 Å². The zero-order chi connectivity index (χ0) is 14.0. The van der Waals surface area contributed by atoms with Crippen molar-refractivity contribution in [3.8, 4) is 0 Å². The molecular formula is C14H14BrN3O. The molecule has 5 heteroatoms. The number of halogens is 1. The Bertz CT molecular complexity index is 600. The molecule has 1 amide bonds. The molecule has 0 spiro atoms. The first kappa shape index (κ1) is 13.5. The van der Waals surface area contributed by atoms with Crippen molar-refractivity contribution in [2.24, 2.45) is 0 Å². The van der Waals surface area contributed by atoms with E-state index in [0.29, 0.717) is 16.9 Å². The number of nitrogens with one attached hydrogen (secondary N) is 1. The lowest BCUT2D eigenvalue weighted by Gasteiger charge is -2.11. The standard InChI is InChI=1S/C14H14BrN3O/c1-8-5-11(15)13(12(16)6-8)18-14(19)10-4-3-9(2)17-7-10/h3-7H,16H2,1-2H3,(H,18,19). The van der Waals surface area contributed by atoms with Crippen molar-refractivity contribution in [2.45, 2.75) is 13.8 Å². The first-order chi connectivity index (χ1) is 8.97. The third-order valence-corrected chi connectivity index (χ3v) is 3.30. The van der Waals surface area contributed by atoms with Gasteiger partial charge in [-0.05, 0) is 59.6 Å². The van der Waals surface area contributed by atoms with Gasteiger partial charge in [-0.3, -0.25) is 9.78 Å². The quantitative estimate of drug-likeness (QED) is 0.834. The van der Waals surface area contributed by atoms with Gasteiger partial charge in [-0.1, -0.05) is 0 Å². The molecule has 0 saturated carbocycles. The predicted molar refractivity (Wildman–Crippen MR) is 80.2 cm³/mol. The van der Waals surface area contributed by atoms with Crippen LogP contribution in [0.1, 0.15) is 21.6 Å². The maximum atomic E-state index is 12.1. The Balaban J connectivity index is 2.26. The smallest absolute Gasteiger partial charge is 0.257 e. The minimum absolute atomic E-state index is 0.233. The summed E-state index contributed by atoms with van der Waals surface area (Å²) in [7, 11) is 0. The Morgan fingerprint density at radius 1 is 1.32 bits per heavy atom. The third kappa shape index (κ3) is 3.12. The van der Waals surface area contributed by atoms with Crippen LogP contribution in [0.4, 0.5) is 11.4 Å². The number of aryl methyl sites for hydroxylation is 2. The molecule has 1 aromatic carbocycles. The van der Waals surface area contributed by atoms with Gasteiger partial charge in [0.2, 0.25) is 0 Å². The average molecular weight is 320 g/mol. The lowest BCUT2D eigenvalue weighted by atomic mass is 10.2. The van der Waals surface area contributed by atoms with Crippen LogP contribution >= 0.6 is 15.9 Å². The first-order valence-electron chi connectivity index (χ1n) is 5.77. The Hall–Kier alpha value is -1.88. The summed E-state index contributed by atoms with van der Waals surface area (Å²) in [6.07, 6.45) is 1.54. The van der Waals surface area contributed by atoms with Gasteiger partial charge in [0.25, 0.3) is 5.91 Å². The van der Waals surface area contributed by atoms with E-state index >= 15 is 0 Å². The van der Waals surface area contributed by atoms with Gasteiger partial charge >= 0.3 is 0 Å². The van der Waals surface area contributed by atoms with E-state index in [2.05, 4.69) is 26.2 Å². The maximum Gasteiger partial charge on any atom is 0.257 e. The van der Waals surface area contributed by atoms with E-state index in [4.69, 9.17) is 5.73 Å². The largest absolute Gasteiger partial charge is 0.397 e. The third-order valence-electron chi connectivity index (χ3n) is 2.68. The van der Waals surface area contributed by atoms with E-state index in [1.54, 1.807) is 18.3 Å². The summed E-state index contributed by atoms with van der Waals surface area (Å²) in [5, 5.41) is 2.79. The van der Waals surface area contributed by atoms with Gasteiger partial charge in [0.15, 0.2) is 0 Å². The van der Waals surface area contributed by atoms with Crippen molar-refractivity contribution in [3.05, 3.63) is 51.8 Å². The molecule has 98 valence electrons. The summed E-state index contributed by atoms with van der Waals surface area (Å²) >= 11 is 3.40. The fourth-order valence-corrected chi connectivity index (χ4v) is 2.38. The number of benzene rings is 1. The van der Waals surface area contributed by atoms with E-state index in [1.807, 2.05) is 26.0 Å². The first-order valence-corrected chi connectivity index (χ1v) is 6.56. The molecule has 1 heterocycles. The lowest BCUT2D eigenvalue weighted by Crippen LogP contribution is -2.14. The Morgan fingerprint density at radius 2 is 2.05 bits per heavy atom. The molecule has 0 radical (unpaired) electrons. The van der Waals surface area contributed by atoms with E-state index < -0.39 is 0 Å². The van der Waals surface area contributed by atoms with Crippen molar-refractivity contribution in [1.29, 1.82) is 0 Å². The van der Waals surface area contributed by atoms with Gasteiger partial charge < -0.3 is 11.1 Å². The highest BCUT2D eigenvalue weighted by Gasteiger charge is 2.11. The second-order valence-corrected chi connectivity index (χ2v) is 5.21. The van der Waals surface area contributed by atoms with Crippen LogP contribution in [0.2, 0.25) is 0 Å². The van der Waals surface area contributed by atoms with Crippen LogP contribution in [0.5, 0.6) is 0 Å². The second kappa shape index (κ2) is 5.40. The van der Waals surface area contributed by atoms with Crippen molar-refractivity contribution < 1.29 is 4.79 Å². The Morgan fingerprint density at radius 3 is 2.63 bits per heavy atom. The second-order valence-electron chi connectivity index (χ2n) is 4.35. The summed E-state index contributed by atoms with van der Waals surface area (Å²) < 4.78 is 0.762. The SMILES string of the molecule is Cc1cc(N)c(NC(=O)c2ccc(C)nc2)c(Br)c1. The maximum absolute atomic E-state index is 12.1. The molecule has 0 unspecified atom stereocenters. The molecule has 4 nitrogen and oxygen atoms in total. The summed E-state index contributed by atoms with van der Waals surface area (Å²) in [5.74, 6) is -0.233. The van der Waals surface area contributed by atoms with Crippen LogP contribution in [-0.2, 0) is 0 Å². The van der Waals surface area contributed by atoms with E-state index in [1.165, 1.54) is 0 Å². The van der Waals surface area contributed by atoms with Gasteiger partial charge in [-0.25, -0.2) is 0 Å². The number of carbonyl (C=O) groups is 1. The minimum atomic E-state index is -0.233. The van der Waals surface area contributed by atoms with Crippen LogP contribution in [0.15, 0.2) is 34.9 Å². The number of aromatic nitrogens is 1. The number of nitrogens with zero attached hydrogens (tertiary/aromatic N) is 1. The topological polar surface area (TPSA) is 68.0 Å². The fraction of sp³-hybridized carbons (Fsp3) is 0.143. The summed E-state index contributed by atoms with van der Waals surface area (Å²) in [6.45, 7) is 3.81. The van der Waals surface area contributed by atoms with Gasteiger partial charge in [-0.2, -0.15) is 0 Å². The number of carbonyl (C=O) groups excluding carboxylic acids is 1. The highest BCUT2D eigenvalue weighted by molar-refractivity contribution is 9.10. The number of hydrogen-bond donors (Lipinski definition) is 2. The lowest BCUT2D eigenvalue weighted by molar-refractivity contribution is 0.102. The van der Waals surface area contributed by atoms with Crippen molar-refractivity contribution in [3.63, 3.8) is 0 Å². The van der Waals surface area contributed by atoms with E-state index in [-0.39, 0.29) is 5.91 Å². The van der Waals surface area contributed by atoms with Crippen molar-refractivity contribution in [2.75, 3.05) is 11.1 Å². The van der Waals surface area contributed by atoms with Crippen LogP contribution in [-0.4, -0.2) is 10.9 Å². The minimum Gasteiger partial charge on any atom is -0.397 e. The molecule has 0 bridgehead atoms. The molecular weight excluding hydrogens is 306 g/mol. The molecule has 2 rings (SSSR count). The van der Waals surface area contributed by atoms with E-state index in [9.17, 15) is 4.79 Å². The number of hydrogen-bond acceptors (Lipinski definition) is 3. The number of anilines is 2. The van der Waals surface area contributed by atoms with E-state index in [0.717, 1.165) is 15.7 Å². The number of rotatable bonds is 2. The van der Waals surface area contributed by atoms with Crippen LogP contribution < -0.4 is 11.1 Å². The molecule has 2 aromatic rings. The molecule has 0 fully saturated rings. The molecule has 3 N–H and O–H groups in total. The van der Waals surface area contributed by atoms with Crippen LogP contribution in [0, 0.1) is 13.8 Å². The summed E-state index contributed by atoms with van der Waals surface area (Å²) in [5.41, 5.74) is 9.41. The summed E-state index contributed by atoms with van der Waals surface area (Å²) in [4.78, 5) is 16.2. The van der Waals surface area contributed by atoms with Crippen molar-refractivity contribution >= 4 is 33.2 Å². The molecule has 19 heavy (non-hydrogen) atoms. The highest BCUT2D eigenvalue weighted by Crippen LogP contribution is 2.30. The zero-order valence-electron chi connectivity index (χ0n) is 10.7.